The molecule has 0 unspecified atom stereocenters. The lowest BCUT2D eigenvalue weighted by Crippen LogP contribution is -2.22. The van der Waals surface area contributed by atoms with Gasteiger partial charge in [0.2, 0.25) is 0 Å². The highest BCUT2D eigenvalue weighted by Gasteiger charge is 2.24. The molecule has 0 saturated heterocycles. The van der Waals surface area contributed by atoms with E-state index >= 15 is 0 Å². The van der Waals surface area contributed by atoms with Crippen LogP contribution in [0.25, 0.3) is 0 Å². The van der Waals surface area contributed by atoms with Gasteiger partial charge in [-0.3, -0.25) is 0 Å². The molecule has 0 N–H and O–H groups in total. The van der Waals surface area contributed by atoms with E-state index in [9.17, 15) is 0 Å². The van der Waals surface area contributed by atoms with Crippen LogP contribution in [0.4, 0.5) is 5.82 Å². The van der Waals surface area contributed by atoms with Crippen molar-refractivity contribution in [1.29, 1.82) is 5.26 Å². The molecule has 1 aromatic heterocycles. The third-order valence-electron chi connectivity index (χ3n) is 2.84. The molecule has 78 valence electrons. The molecule has 1 fully saturated rings. The van der Waals surface area contributed by atoms with Gasteiger partial charge in [0.05, 0.1) is 5.56 Å². The van der Waals surface area contributed by atoms with Crippen molar-refractivity contribution in [2.24, 2.45) is 5.92 Å². The van der Waals surface area contributed by atoms with Gasteiger partial charge in [0.1, 0.15) is 11.9 Å². The Morgan fingerprint density at radius 2 is 2.33 bits per heavy atom. The van der Waals surface area contributed by atoms with Gasteiger partial charge in [0.25, 0.3) is 0 Å². The molecule has 1 aliphatic rings. The fourth-order valence-electron chi connectivity index (χ4n) is 1.75. The highest BCUT2D eigenvalue weighted by atomic mass is 15.2. The topological polar surface area (TPSA) is 39.9 Å². The van der Waals surface area contributed by atoms with Crippen molar-refractivity contribution in [2.45, 2.75) is 19.8 Å². The minimum absolute atomic E-state index is 0.709. The summed E-state index contributed by atoms with van der Waals surface area (Å²) in [6, 6.07) is 4.12. The first-order chi connectivity index (χ1) is 7.22. The summed E-state index contributed by atoms with van der Waals surface area (Å²) in [4.78, 5) is 6.39. The van der Waals surface area contributed by atoms with Gasteiger partial charge in [0, 0.05) is 19.8 Å². The van der Waals surface area contributed by atoms with Crippen molar-refractivity contribution >= 4 is 5.82 Å². The van der Waals surface area contributed by atoms with Gasteiger partial charge in [-0.05, 0) is 37.3 Å². The van der Waals surface area contributed by atoms with Crippen LogP contribution in [0, 0.1) is 24.2 Å². The second-order valence-corrected chi connectivity index (χ2v) is 4.26. The predicted octanol–water partition coefficient (Wildman–Crippen LogP) is 2.11. The number of pyridine rings is 1. The average Bonchev–Trinajstić information content (AvgIpc) is 3.01. The van der Waals surface area contributed by atoms with E-state index in [0.717, 1.165) is 23.8 Å². The zero-order valence-corrected chi connectivity index (χ0v) is 9.20. The standard InChI is InChI=1S/C12H15N3/c1-9-5-6-14-12(11(9)7-13)15(2)8-10-3-4-10/h5-6,10H,3-4,8H2,1-2H3. The van der Waals surface area contributed by atoms with Crippen LogP contribution < -0.4 is 4.90 Å². The zero-order chi connectivity index (χ0) is 10.8. The van der Waals surface area contributed by atoms with E-state index in [0.29, 0.717) is 5.56 Å². The highest BCUT2D eigenvalue weighted by molar-refractivity contribution is 5.56. The van der Waals surface area contributed by atoms with Crippen LogP contribution in [0.1, 0.15) is 24.0 Å². The third kappa shape index (κ3) is 2.10. The van der Waals surface area contributed by atoms with Gasteiger partial charge in [-0.15, -0.1) is 0 Å². The molecule has 0 amide bonds. The molecule has 1 aromatic rings. The van der Waals surface area contributed by atoms with E-state index in [1.54, 1.807) is 6.20 Å². The van der Waals surface area contributed by atoms with Crippen LogP contribution in [0.5, 0.6) is 0 Å². The second-order valence-electron chi connectivity index (χ2n) is 4.26. The van der Waals surface area contributed by atoms with E-state index in [-0.39, 0.29) is 0 Å². The van der Waals surface area contributed by atoms with E-state index in [1.165, 1.54) is 12.8 Å². The van der Waals surface area contributed by atoms with E-state index in [1.807, 2.05) is 20.0 Å². The van der Waals surface area contributed by atoms with E-state index < -0.39 is 0 Å². The predicted molar refractivity (Wildman–Crippen MR) is 59.7 cm³/mol. The molecule has 0 aromatic carbocycles. The summed E-state index contributed by atoms with van der Waals surface area (Å²) >= 11 is 0. The third-order valence-corrected chi connectivity index (χ3v) is 2.84. The lowest BCUT2D eigenvalue weighted by Gasteiger charge is -2.19. The highest BCUT2D eigenvalue weighted by Crippen LogP contribution is 2.31. The summed E-state index contributed by atoms with van der Waals surface area (Å²) in [7, 11) is 2.01. The van der Waals surface area contributed by atoms with Crippen molar-refractivity contribution in [3.8, 4) is 6.07 Å². The second kappa shape index (κ2) is 3.90. The fourth-order valence-corrected chi connectivity index (χ4v) is 1.75. The Labute approximate surface area is 90.4 Å². The molecular formula is C12H15N3. The molecule has 1 heterocycles. The van der Waals surface area contributed by atoms with Crippen LogP contribution in [0.2, 0.25) is 0 Å². The Kier molecular flexibility index (Phi) is 2.59. The number of anilines is 1. The molecule has 3 heteroatoms. The molecule has 0 radical (unpaired) electrons. The first kappa shape index (κ1) is 9.97. The molecule has 0 spiro atoms. The van der Waals surface area contributed by atoms with Crippen molar-refractivity contribution in [3.05, 3.63) is 23.4 Å². The monoisotopic (exact) mass is 201 g/mol. The molecule has 0 atom stereocenters. The number of rotatable bonds is 3. The summed E-state index contributed by atoms with van der Waals surface area (Å²) in [5.41, 5.74) is 1.71. The van der Waals surface area contributed by atoms with Crippen LogP contribution >= 0.6 is 0 Å². The van der Waals surface area contributed by atoms with Gasteiger partial charge in [-0.25, -0.2) is 4.98 Å². The largest absolute Gasteiger partial charge is 0.358 e. The maximum atomic E-state index is 9.08. The quantitative estimate of drug-likeness (QED) is 0.752. The summed E-state index contributed by atoms with van der Waals surface area (Å²) in [5.74, 6) is 1.63. The van der Waals surface area contributed by atoms with Crippen LogP contribution in [-0.2, 0) is 0 Å². The number of nitrogens with zero attached hydrogens (tertiary/aromatic N) is 3. The van der Waals surface area contributed by atoms with Gasteiger partial charge < -0.3 is 4.90 Å². The average molecular weight is 201 g/mol. The Balaban J connectivity index is 2.25. The fraction of sp³-hybridized carbons (Fsp3) is 0.500. The maximum absolute atomic E-state index is 9.08. The summed E-state index contributed by atoms with van der Waals surface area (Å²) in [6.45, 7) is 2.97. The number of hydrogen-bond acceptors (Lipinski definition) is 3. The number of aromatic nitrogens is 1. The lowest BCUT2D eigenvalue weighted by atomic mass is 10.1. The summed E-state index contributed by atoms with van der Waals surface area (Å²) in [6.07, 6.45) is 4.41. The van der Waals surface area contributed by atoms with Crippen molar-refractivity contribution in [2.75, 3.05) is 18.5 Å². The van der Waals surface area contributed by atoms with Crippen molar-refractivity contribution < 1.29 is 0 Å². The minimum atomic E-state index is 0.709. The summed E-state index contributed by atoms with van der Waals surface area (Å²) < 4.78 is 0. The summed E-state index contributed by atoms with van der Waals surface area (Å²) in [5, 5.41) is 9.08. The first-order valence-corrected chi connectivity index (χ1v) is 5.29. The Morgan fingerprint density at radius 1 is 1.60 bits per heavy atom. The van der Waals surface area contributed by atoms with Crippen LogP contribution in [0.15, 0.2) is 12.3 Å². The van der Waals surface area contributed by atoms with E-state index in [4.69, 9.17) is 5.26 Å². The Hall–Kier alpha value is -1.56. The molecule has 1 saturated carbocycles. The van der Waals surface area contributed by atoms with Gasteiger partial charge in [-0.1, -0.05) is 0 Å². The van der Waals surface area contributed by atoms with Crippen molar-refractivity contribution in [1.82, 2.24) is 4.98 Å². The smallest absolute Gasteiger partial charge is 0.146 e. The SMILES string of the molecule is Cc1ccnc(N(C)CC2CC2)c1C#N. The maximum Gasteiger partial charge on any atom is 0.146 e. The zero-order valence-electron chi connectivity index (χ0n) is 9.20. The Morgan fingerprint density at radius 3 is 2.93 bits per heavy atom. The van der Waals surface area contributed by atoms with Gasteiger partial charge in [-0.2, -0.15) is 5.26 Å². The molecule has 1 aliphatic carbocycles. The first-order valence-electron chi connectivity index (χ1n) is 5.29. The van der Waals surface area contributed by atoms with E-state index in [2.05, 4.69) is 16.0 Å². The molecule has 0 bridgehead atoms. The minimum Gasteiger partial charge on any atom is -0.358 e. The lowest BCUT2D eigenvalue weighted by molar-refractivity contribution is 0.775. The van der Waals surface area contributed by atoms with Crippen molar-refractivity contribution in [3.63, 3.8) is 0 Å². The van der Waals surface area contributed by atoms with Gasteiger partial charge in [0.15, 0.2) is 0 Å². The molecule has 2 rings (SSSR count). The normalized spacial score (nSPS) is 14.7. The number of aryl methyl sites for hydroxylation is 1. The van der Waals surface area contributed by atoms with Crippen LogP contribution in [-0.4, -0.2) is 18.6 Å². The molecule has 3 nitrogen and oxygen atoms in total. The van der Waals surface area contributed by atoms with Gasteiger partial charge >= 0.3 is 0 Å². The van der Waals surface area contributed by atoms with Crippen LogP contribution in [0.3, 0.4) is 0 Å². The molecular weight excluding hydrogens is 186 g/mol. The molecule has 15 heavy (non-hydrogen) atoms. The number of nitriles is 1. The number of hydrogen-bond donors (Lipinski definition) is 0. The Bertz CT molecular complexity index is 402. The molecule has 0 aliphatic heterocycles.